The van der Waals surface area contributed by atoms with E-state index in [-0.39, 0.29) is 0 Å². The van der Waals surface area contributed by atoms with Crippen LogP contribution < -0.4 is 4.80 Å². The van der Waals surface area contributed by atoms with Crippen molar-refractivity contribution >= 4 is 23.0 Å². The number of aromatic nitrogens is 1. The topological polar surface area (TPSA) is 54.6 Å². The summed E-state index contributed by atoms with van der Waals surface area (Å²) >= 11 is 1.57. The van der Waals surface area contributed by atoms with Gasteiger partial charge >= 0.3 is 5.97 Å². The third-order valence-electron chi connectivity index (χ3n) is 3.07. The molecule has 5 heteroatoms. The van der Waals surface area contributed by atoms with Crippen LogP contribution in [0.3, 0.4) is 0 Å². The minimum absolute atomic E-state index is 0.495. The Labute approximate surface area is 115 Å². The molecule has 0 saturated carbocycles. The molecule has 1 aromatic carbocycles. The van der Waals surface area contributed by atoms with E-state index in [1.165, 1.54) is 0 Å². The van der Waals surface area contributed by atoms with Crippen LogP contribution in [0.15, 0.2) is 34.8 Å². The fourth-order valence-electron chi connectivity index (χ4n) is 1.75. The number of benzene rings is 1. The average molecular weight is 276 g/mol. The predicted molar refractivity (Wildman–Crippen MR) is 75.7 cm³/mol. The molecule has 1 atom stereocenters. The zero-order valence-electron chi connectivity index (χ0n) is 11.1. The second-order valence-corrected chi connectivity index (χ2v) is 5.39. The molecule has 1 aromatic heterocycles. The molecule has 0 aliphatic rings. The van der Waals surface area contributed by atoms with Crippen LogP contribution in [-0.2, 0) is 11.8 Å². The van der Waals surface area contributed by atoms with Gasteiger partial charge in [-0.05, 0) is 31.0 Å². The molecule has 1 heterocycles. The van der Waals surface area contributed by atoms with Crippen molar-refractivity contribution in [2.24, 2.45) is 12.0 Å². The quantitative estimate of drug-likeness (QED) is 0.937. The Balaban J connectivity index is 2.41. The summed E-state index contributed by atoms with van der Waals surface area (Å²) in [6.45, 7) is 3.64. The summed E-state index contributed by atoms with van der Waals surface area (Å²) < 4.78 is 1.96. The molecule has 2 rings (SSSR count). The first kappa shape index (κ1) is 13.5. The van der Waals surface area contributed by atoms with Gasteiger partial charge in [0.1, 0.15) is 0 Å². The van der Waals surface area contributed by atoms with Crippen molar-refractivity contribution in [3.05, 3.63) is 45.7 Å². The second kappa shape index (κ2) is 5.40. The number of rotatable bonds is 3. The fourth-order valence-corrected chi connectivity index (χ4v) is 2.50. The maximum atomic E-state index is 11.0. The SMILES string of the molecule is Cc1cc(C(C)C(=O)O)ccc1N=c1sccn1C. The smallest absolute Gasteiger partial charge is 0.310 e. The van der Waals surface area contributed by atoms with Gasteiger partial charge in [-0.15, -0.1) is 11.3 Å². The number of hydrogen-bond donors (Lipinski definition) is 1. The predicted octanol–water partition coefficient (Wildman–Crippen LogP) is 2.82. The van der Waals surface area contributed by atoms with Gasteiger partial charge in [0, 0.05) is 18.6 Å². The standard InChI is InChI=1S/C14H16N2O2S/c1-9-8-11(10(2)13(17)18)4-5-12(9)15-14-16(3)6-7-19-14/h4-8,10H,1-3H3,(H,17,18). The minimum Gasteiger partial charge on any atom is -0.481 e. The Kier molecular flexibility index (Phi) is 3.85. The first-order chi connectivity index (χ1) is 8.99. The summed E-state index contributed by atoms with van der Waals surface area (Å²) in [5, 5.41) is 11.0. The number of thiazole rings is 1. The van der Waals surface area contributed by atoms with Gasteiger partial charge < -0.3 is 9.67 Å². The first-order valence-corrected chi connectivity index (χ1v) is 6.85. The Morgan fingerprint density at radius 3 is 2.74 bits per heavy atom. The summed E-state index contributed by atoms with van der Waals surface area (Å²) in [4.78, 5) is 16.5. The van der Waals surface area contributed by atoms with Crippen molar-refractivity contribution in [2.45, 2.75) is 19.8 Å². The molecule has 4 nitrogen and oxygen atoms in total. The van der Waals surface area contributed by atoms with E-state index in [0.29, 0.717) is 0 Å². The lowest BCUT2D eigenvalue weighted by Crippen LogP contribution is -2.09. The summed E-state index contributed by atoms with van der Waals surface area (Å²) in [6, 6.07) is 5.60. The fraction of sp³-hybridized carbons (Fsp3) is 0.286. The molecule has 100 valence electrons. The zero-order chi connectivity index (χ0) is 14.0. The number of hydrogen-bond acceptors (Lipinski definition) is 3. The average Bonchev–Trinajstić information content (AvgIpc) is 2.76. The maximum Gasteiger partial charge on any atom is 0.310 e. The van der Waals surface area contributed by atoms with Gasteiger partial charge in [0.25, 0.3) is 0 Å². The van der Waals surface area contributed by atoms with E-state index >= 15 is 0 Å². The van der Waals surface area contributed by atoms with Crippen molar-refractivity contribution in [3.63, 3.8) is 0 Å². The van der Waals surface area contributed by atoms with Crippen LogP contribution in [0.1, 0.15) is 24.0 Å². The third kappa shape index (κ3) is 2.93. The molecule has 0 radical (unpaired) electrons. The molecule has 19 heavy (non-hydrogen) atoms. The third-order valence-corrected chi connectivity index (χ3v) is 3.91. The van der Waals surface area contributed by atoms with Gasteiger partial charge in [0.05, 0.1) is 11.6 Å². The summed E-state index contributed by atoms with van der Waals surface area (Å²) in [5.41, 5.74) is 2.66. The number of carbonyl (C=O) groups is 1. The molecule has 0 saturated heterocycles. The monoisotopic (exact) mass is 276 g/mol. The van der Waals surface area contributed by atoms with Crippen LogP contribution in [0, 0.1) is 6.92 Å². The molecule has 2 aromatic rings. The molecule has 0 aliphatic heterocycles. The van der Waals surface area contributed by atoms with Crippen LogP contribution in [0.4, 0.5) is 5.69 Å². The van der Waals surface area contributed by atoms with Crippen molar-refractivity contribution in [1.29, 1.82) is 0 Å². The Hall–Kier alpha value is -1.88. The highest BCUT2D eigenvalue weighted by Crippen LogP contribution is 2.24. The highest BCUT2D eigenvalue weighted by Gasteiger charge is 2.14. The van der Waals surface area contributed by atoms with E-state index in [2.05, 4.69) is 4.99 Å². The van der Waals surface area contributed by atoms with Gasteiger partial charge in [-0.1, -0.05) is 12.1 Å². The van der Waals surface area contributed by atoms with Gasteiger partial charge in [0.15, 0.2) is 4.80 Å². The highest BCUT2D eigenvalue weighted by atomic mass is 32.1. The van der Waals surface area contributed by atoms with Gasteiger partial charge in [0.2, 0.25) is 0 Å². The zero-order valence-corrected chi connectivity index (χ0v) is 11.9. The van der Waals surface area contributed by atoms with Crippen LogP contribution in [0.25, 0.3) is 0 Å². The maximum absolute atomic E-state index is 11.0. The Bertz CT molecular complexity index is 670. The largest absolute Gasteiger partial charge is 0.481 e. The highest BCUT2D eigenvalue weighted by molar-refractivity contribution is 7.07. The van der Waals surface area contributed by atoms with Crippen LogP contribution in [0.5, 0.6) is 0 Å². The van der Waals surface area contributed by atoms with Crippen molar-refractivity contribution in [2.75, 3.05) is 0 Å². The summed E-state index contributed by atoms with van der Waals surface area (Å²) in [5.74, 6) is -1.31. The number of aryl methyl sites for hydroxylation is 2. The minimum atomic E-state index is -0.811. The lowest BCUT2D eigenvalue weighted by Gasteiger charge is -2.08. The van der Waals surface area contributed by atoms with E-state index in [1.54, 1.807) is 18.3 Å². The Morgan fingerprint density at radius 2 is 2.21 bits per heavy atom. The van der Waals surface area contributed by atoms with Crippen LogP contribution in [-0.4, -0.2) is 15.6 Å². The molecular formula is C14H16N2O2S. The molecule has 1 N–H and O–H groups in total. The molecule has 1 unspecified atom stereocenters. The van der Waals surface area contributed by atoms with E-state index in [1.807, 2.05) is 48.3 Å². The summed E-state index contributed by atoms with van der Waals surface area (Å²) in [7, 11) is 1.95. The molecule has 0 bridgehead atoms. The van der Waals surface area contributed by atoms with Crippen molar-refractivity contribution in [3.8, 4) is 0 Å². The number of aliphatic carboxylic acids is 1. The van der Waals surface area contributed by atoms with E-state index in [4.69, 9.17) is 5.11 Å². The molecule has 0 spiro atoms. The van der Waals surface area contributed by atoms with Gasteiger partial charge in [-0.2, -0.15) is 0 Å². The Morgan fingerprint density at radius 1 is 1.47 bits per heavy atom. The van der Waals surface area contributed by atoms with Crippen molar-refractivity contribution < 1.29 is 9.90 Å². The molecular weight excluding hydrogens is 260 g/mol. The van der Waals surface area contributed by atoms with Gasteiger partial charge in [-0.25, -0.2) is 4.99 Å². The second-order valence-electron chi connectivity index (χ2n) is 4.51. The summed E-state index contributed by atoms with van der Waals surface area (Å²) in [6.07, 6.45) is 1.96. The van der Waals surface area contributed by atoms with E-state index in [9.17, 15) is 4.79 Å². The van der Waals surface area contributed by atoms with E-state index < -0.39 is 11.9 Å². The number of carboxylic acids is 1. The van der Waals surface area contributed by atoms with Gasteiger partial charge in [-0.3, -0.25) is 4.79 Å². The lowest BCUT2D eigenvalue weighted by atomic mass is 9.99. The van der Waals surface area contributed by atoms with Crippen molar-refractivity contribution in [1.82, 2.24) is 4.57 Å². The van der Waals surface area contributed by atoms with Crippen LogP contribution >= 0.6 is 11.3 Å². The number of nitrogens with zero attached hydrogens (tertiary/aromatic N) is 2. The number of carboxylic acid groups (broad SMARTS) is 1. The normalized spacial score (nSPS) is 13.5. The van der Waals surface area contributed by atoms with E-state index in [0.717, 1.165) is 21.6 Å². The molecule has 0 fully saturated rings. The lowest BCUT2D eigenvalue weighted by molar-refractivity contribution is -0.138. The first-order valence-electron chi connectivity index (χ1n) is 5.97. The van der Waals surface area contributed by atoms with Crippen LogP contribution in [0.2, 0.25) is 0 Å². The molecule has 0 aliphatic carbocycles. The molecule has 0 amide bonds.